The van der Waals surface area contributed by atoms with Gasteiger partial charge in [-0.15, -0.1) is 0 Å². The molecule has 0 unspecified atom stereocenters. The van der Waals surface area contributed by atoms with Crippen molar-refractivity contribution in [2.45, 2.75) is 236 Å². The Hall–Kier alpha value is -3.75. The minimum absolute atomic E-state index is 0. The van der Waals surface area contributed by atoms with Crippen LogP contribution >= 0.6 is 0 Å². The van der Waals surface area contributed by atoms with Crippen LogP contribution in [0.2, 0.25) is 0 Å². The molecule has 0 saturated heterocycles. The Balaban J connectivity index is 0.0000112. The number of ether oxygens (including phenoxy) is 1. The van der Waals surface area contributed by atoms with Gasteiger partial charge in [-0.25, -0.2) is 16.8 Å². The van der Waals surface area contributed by atoms with Crippen LogP contribution in [0.1, 0.15) is 225 Å². The molecule has 0 bridgehead atoms. The monoisotopic (exact) mass is 1110 g/mol. The van der Waals surface area contributed by atoms with Crippen molar-refractivity contribution in [2.75, 3.05) is 11.4 Å². The number of benzene rings is 4. The largest absolute Gasteiger partial charge is 1.00 e. The predicted molar refractivity (Wildman–Crippen MR) is 314 cm³/mol. The maximum Gasteiger partial charge on any atom is 1.00 e. The molecule has 1 aliphatic heterocycles. The average molecular weight is 1120 g/mol. The van der Waals surface area contributed by atoms with E-state index in [4.69, 9.17) is 9.15 Å². The van der Waals surface area contributed by atoms with Crippen molar-refractivity contribution in [2.24, 2.45) is 0 Å². The van der Waals surface area contributed by atoms with Gasteiger partial charge in [0, 0.05) is 19.0 Å². The summed E-state index contributed by atoms with van der Waals surface area (Å²) in [4.78, 5) is 1.72. The fraction of sp³-hybridized carbons (Fsp3) is 0.554. The normalized spacial score (nSPS) is 13.2. The van der Waals surface area contributed by atoms with Crippen LogP contribution in [0.25, 0.3) is 39.4 Å². The summed E-state index contributed by atoms with van der Waals surface area (Å²) in [6.45, 7) is 6.07. The van der Waals surface area contributed by atoms with Crippen LogP contribution in [0.5, 0.6) is 5.75 Å². The molecule has 78 heavy (non-hydrogen) atoms. The third-order valence-electron chi connectivity index (χ3n) is 15.4. The summed E-state index contributed by atoms with van der Waals surface area (Å²) < 4.78 is 85.4. The zero-order chi connectivity index (χ0) is 54.6. The molecule has 1 aromatic heterocycles. The van der Waals surface area contributed by atoms with Gasteiger partial charge in [0.15, 0.2) is 12.3 Å². The Morgan fingerprint density at radius 2 is 0.859 bits per heavy atom. The molecule has 6 rings (SSSR count). The van der Waals surface area contributed by atoms with E-state index >= 15 is 0 Å². The quantitative estimate of drug-likeness (QED) is 0.0162. The van der Waals surface area contributed by atoms with E-state index in [0.29, 0.717) is 11.8 Å². The van der Waals surface area contributed by atoms with E-state index in [1.165, 1.54) is 204 Å². The molecule has 0 fully saturated rings. The number of hydrogen-bond acceptors (Lipinski definition) is 9. The van der Waals surface area contributed by atoms with Crippen LogP contribution in [0.3, 0.4) is 0 Å². The molecule has 1 aliphatic rings. The fourth-order valence-electron chi connectivity index (χ4n) is 10.7. The molecular weight excluding hydrogens is 1020 g/mol. The van der Waals surface area contributed by atoms with E-state index in [2.05, 4.69) is 35.4 Å². The minimum Gasteiger partial charge on any atom is -0.744 e. The number of fused-ring (bicyclic) bond motifs is 2. The van der Waals surface area contributed by atoms with Crippen LogP contribution < -0.4 is 43.8 Å². The van der Waals surface area contributed by atoms with Crippen LogP contribution in [-0.4, -0.2) is 32.5 Å². The molecule has 2 heterocycles. The maximum atomic E-state index is 11.7. The van der Waals surface area contributed by atoms with Crippen LogP contribution in [-0.2, 0) is 26.8 Å². The van der Waals surface area contributed by atoms with E-state index in [0.717, 1.165) is 83.6 Å². The second-order valence-electron chi connectivity index (χ2n) is 21.6. The first-order valence-corrected chi connectivity index (χ1v) is 32.8. The second kappa shape index (κ2) is 35.9. The van der Waals surface area contributed by atoms with E-state index in [1.807, 2.05) is 42.5 Å². The average Bonchev–Trinajstić information content (AvgIpc) is 4.00. The minimum atomic E-state index is -4.56. The van der Waals surface area contributed by atoms with Crippen molar-refractivity contribution in [1.82, 2.24) is 0 Å². The van der Waals surface area contributed by atoms with Gasteiger partial charge in [0.1, 0.15) is 20.2 Å². The smallest absolute Gasteiger partial charge is 0.744 e. The summed E-state index contributed by atoms with van der Waals surface area (Å²) in [5, 5.41) is 0. The van der Waals surface area contributed by atoms with Crippen molar-refractivity contribution in [3.8, 4) is 28.0 Å². The molecular formula is C65H91N2NaO8S2. The van der Waals surface area contributed by atoms with Crippen molar-refractivity contribution in [3.05, 3.63) is 109 Å². The molecule has 10 nitrogen and oxygen atoms in total. The number of aromatic nitrogens is 1. The molecule has 0 spiro atoms. The summed E-state index contributed by atoms with van der Waals surface area (Å²) >= 11 is 0. The number of anilines is 1. The van der Waals surface area contributed by atoms with Gasteiger partial charge in [-0.1, -0.05) is 236 Å². The molecule has 4 aromatic carbocycles. The van der Waals surface area contributed by atoms with E-state index < -0.39 is 20.2 Å². The summed E-state index contributed by atoms with van der Waals surface area (Å²) in [6, 6.07) is 24.1. The van der Waals surface area contributed by atoms with Gasteiger partial charge in [0.25, 0.3) is 5.52 Å². The van der Waals surface area contributed by atoms with Crippen molar-refractivity contribution in [3.63, 3.8) is 0 Å². The molecule has 0 atom stereocenters. The molecule has 0 radical (unpaired) electrons. The molecule has 5 aromatic rings. The summed E-state index contributed by atoms with van der Waals surface area (Å²) in [5.74, 6) is 2.14. The molecule has 422 valence electrons. The second-order valence-corrected chi connectivity index (χ2v) is 24.4. The Kier molecular flexibility index (Phi) is 29.9. The maximum absolute atomic E-state index is 11.7. The van der Waals surface area contributed by atoms with E-state index in [1.54, 1.807) is 24.3 Å². The zero-order valence-corrected chi connectivity index (χ0v) is 51.5. The molecule has 0 amide bonds. The number of rotatable bonds is 40. The summed E-state index contributed by atoms with van der Waals surface area (Å²) in [6.07, 6.45) is 47.6. The van der Waals surface area contributed by atoms with E-state index in [9.17, 15) is 25.9 Å². The van der Waals surface area contributed by atoms with Crippen LogP contribution in [0, 0.1) is 0 Å². The number of hydrogen-bond donors (Lipinski definition) is 0. The topological polar surface area (TPSA) is 144 Å². The number of aryl methyl sites for hydroxylation is 1. The third-order valence-corrected chi connectivity index (χ3v) is 17.1. The standard InChI is InChI=1S/C65H92N2O8S2.Na/c1-3-5-7-9-11-13-15-17-19-21-23-25-27-29-31-33-50-66-60-52-56(54-38-44-58(45-39-54)76(68,69)70)42-48-62(60)74-64(66)36-35-37-65-67(51-34-32-30-28-26-24-22-20-18-16-14-12-10-8-6-4-2)61-53-57(43-49-63(61)75-65)55-40-46-59(47-41-55)77(71,72)73;/h35-49,52-53H,3-34,50-51H2,1-2H3,(H-,68,69,70,71,72,73);/q;+1/p-1. The predicted octanol–water partition coefficient (Wildman–Crippen LogP) is 15.1. The Morgan fingerprint density at radius 1 is 0.474 bits per heavy atom. The fourth-order valence-corrected chi connectivity index (χ4v) is 11.7. The Labute approximate surface area is 492 Å². The van der Waals surface area contributed by atoms with Gasteiger partial charge < -0.3 is 23.2 Å². The first-order chi connectivity index (χ1) is 37.5. The molecule has 0 saturated carbocycles. The van der Waals surface area contributed by atoms with Gasteiger partial charge in [-0.2, -0.15) is 4.57 Å². The van der Waals surface area contributed by atoms with Gasteiger partial charge in [-0.05, 0) is 89.7 Å². The van der Waals surface area contributed by atoms with E-state index in [-0.39, 0.29) is 39.3 Å². The van der Waals surface area contributed by atoms with Crippen molar-refractivity contribution >= 4 is 43.1 Å². The van der Waals surface area contributed by atoms with Gasteiger partial charge in [0.05, 0.1) is 21.6 Å². The molecule has 0 aliphatic carbocycles. The zero-order valence-electron chi connectivity index (χ0n) is 47.8. The van der Waals surface area contributed by atoms with Crippen LogP contribution in [0.4, 0.5) is 5.69 Å². The number of oxazole rings is 1. The van der Waals surface area contributed by atoms with Gasteiger partial charge in [-0.3, -0.25) is 0 Å². The first kappa shape index (κ1) is 65.1. The number of nitrogens with zero attached hydrogens (tertiary/aromatic N) is 2. The number of unbranched alkanes of at least 4 members (excludes halogenated alkanes) is 30. The summed E-state index contributed by atoms with van der Waals surface area (Å²) in [7, 11) is -9.12. The number of allylic oxidation sites excluding steroid dienone is 2. The Morgan fingerprint density at radius 3 is 1.29 bits per heavy atom. The van der Waals surface area contributed by atoms with Crippen LogP contribution in [0.15, 0.2) is 117 Å². The molecule has 0 N–H and O–H groups in total. The summed E-state index contributed by atoms with van der Waals surface area (Å²) in [5.41, 5.74) is 5.97. The Bertz CT molecular complexity index is 2790. The third kappa shape index (κ3) is 22.3. The SMILES string of the molecule is CCCCCCCCCCCCCCCCCCN1/C(=C/C=C/c2oc3ccc(-c4ccc(S(=O)(=O)[O-])cc4)cc3[n+]2CCCCCCCCCCCCCCCCCC)Oc2ccc(-c3ccc(S(=O)(=O)[O-])cc3)cc21.[Na+]. The van der Waals surface area contributed by atoms with Gasteiger partial charge in [0.2, 0.25) is 11.5 Å². The first-order valence-electron chi connectivity index (χ1n) is 30.0. The van der Waals surface area contributed by atoms with Crippen molar-refractivity contribution < 1.29 is 69.2 Å². The van der Waals surface area contributed by atoms with Crippen molar-refractivity contribution in [1.29, 1.82) is 0 Å². The molecule has 13 heteroatoms. The van der Waals surface area contributed by atoms with Gasteiger partial charge >= 0.3 is 35.4 Å².